The fraction of sp³-hybridized carbons (Fsp3) is 0.667. The highest BCUT2D eigenvalue weighted by Crippen LogP contribution is 2.41. The van der Waals surface area contributed by atoms with Gasteiger partial charge in [-0.3, -0.25) is 9.59 Å². The summed E-state index contributed by atoms with van der Waals surface area (Å²) in [6, 6.07) is -0.690. The molecule has 0 radical (unpaired) electrons. The van der Waals surface area contributed by atoms with E-state index in [-0.39, 0.29) is 10.9 Å². The number of nitrogens with two attached hydrogens (primary N) is 2. The van der Waals surface area contributed by atoms with Gasteiger partial charge < -0.3 is 16.8 Å². The van der Waals surface area contributed by atoms with Crippen LogP contribution in [0.5, 0.6) is 0 Å². The van der Waals surface area contributed by atoms with Crippen LogP contribution >= 0.6 is 12.2 Å². The van der Waals surface area contributed by atoms with Crippen molar-refractivity contribution in [3.63, 3.8) is 0 Å². The molecule has 1 atom stereocenters. The number of hydrogen-bond acceptors (Lipinski definition) is 3. The van der Waals surface area contributed by atoms with Crippen LogP contribution in [0.25, 0.3) is 0 Å². The second-order valence-electron chi connectivity index (χ2n) is 3.90. The van der Waals surface area contributed by atoms with Crippen molar-refractivity contribution in [3.05, 3.63) is 0 Å². The third kappa shape index (κ3) is 2.09. The Morgan fingerprint density at radius 2 is 1.93 bits per heavy atom. The highest BCUT2D eigenvalue weighted by atomic mass is 32.1. The van der Waals surface area contributed by atoms with Crippen molar-refractivity contribution in [2.24, 2.45) is 16.9 Å². The molecule has 5 nitrogen and oxygen atoms in total. The zero-order chi connectivity index (χ0) is 11.6. The van der Waals surface area contributed by atoms with Crippen LogP contribution in [0.2, 0.25) is 0 Å². The van der Waals surface area contributed by atoms with E-state index in [2.05, 4.69) is 5.32 Å². The average Bonchev–Trinajstić information content (AvgIpc) is 2.00. The molecule has 84 valence electrons. The fourth-order valence-corrected chi connectivity index (χ4v) is 1.82. The van der Waals surface area contributed by atoms with Crippen LogP contribution in [0.1, 0.15) is 26.2 Å². The van der Waals surface area contributed by atoms with Gasteiger partial charge in [-0.2, -0.15) is 0 Å². The van der Waals surface area contributed by atoms with Crippen LogP contribution in [-0.2, 0) is 9.59 Å². The van der Waals surface area contributed by atoms with Gasteiger partial charge >= 0.3 is 0 Å². The molecule has 5 N–H and O–H groups in total. The van der Waals surface area contributed by atoms with Crippen LogP contribution < -0.4 is 16.8 Å². The van der Waals surface area contributed by atoms with E-state index in [9.17, 15) is 9.59 Å². The molecule has 1 unspecified atom stereocenters. The summed E-state index contributed by atoms with van der Waals surface area (Å²) in [6.07, 6.45) is 2.23. The molecule has 0 aromatic heterocycles. The summed E-state index contributed by atoms with van der Waals surface area (Å²) in [4.78, 5) is 22.8. The summed E-state index contributed by atoms with van der Waals surface area (Å²) in [5.74, 6) is -0.853. The molecule has 1 saturated carbocycles. The minimum absolute atomic E-state index is 0.197. The smallest absolute Gasteiger partial charge is 0.239 e. The number of carbonyl (C=O) groups is 2. The zero-order valence-electron chi connectivity index (χ0n) is 8.58. The van der Waals surface area contributed by atoms with Gasteiger partial charge in [0.15, 0.2) is 0 Å². The molecule has 0 saturated heterocycles. The van der Waals surface area contributed by atoms with E-state index in [1.807, 2.05) is 0 Å². The predicted molar refractivity (Wildman–Crippen MR) is 59.9 cm³/mol. The lowest BCUT2D eigenvalue weighted by Gasteiger charge is -2.39. The number of hydrogen-bond donors (Lipinski definition) is 3. The van der Waals surface area contributed by atoms with E-state index in [1.165, 1.54) is 6.92 Å². The Balaban J connectivity index is 2.67. The van der Waals surface area contributed by atoms with Gasteiger partial charge in [-0.25, -0.2) is 0 Å². The van der Waals surface area contributed by atoms with E-state index in [1.54, 1.807) is 0 Å². The Morgan fingerprint density at radius 1 is 1.40 bits per heavy atom. The van der Waals surface area contributed by atoms with Gasteiger partial charge in [-0.15, -0.1) is 0 Å². The molecule has 1 fully saturated rings. The number of primary amides is 1. The first-order chi connectivity index (χ1) is 6.90. The van der Waals surface area contributed by atoms with Gasteiger partial charge in [0.25, 0.3) is 0 Å². The third-order valence-electron chi connectivity index (χ3n) is 2.89. The second kappa shape index (κ2) is 4.14. The number of nitrogens with one attached hydrogen (secondary N) is 1. The Bertz CT molecular complexity index is 312. The van der Waals surface area contributed by atoms with Crippen molar-refractivity contribution >= 4 is 29.0 Å². The molecule has 0 aromatic carbocycles. The Hall–Kier alpha value is -1.17. The average molecular weight is 229 g/mol. The van der Waals surface area contributed by atoms with Gasteiger partial charge in [0.05, 0.1) is 10.4 Å². The molecule has 1 aliphatic carbocycles. The zero-order valence-corrected chi connectivity index (χ0v) is 9.39. The van der Waals surface area contributed by atoms with Crippen LogP contribution in [-0.4, -0.2) is 22.8 Å². The topological polar surface area (TPSA) is 98.2 Å². The van der Waals surface area contributed by atoms with E-state index in [0.29, 0.717) is 12.8 Å². The van der Waals surface area contributed by atoms with Crippen molar-refractivity contribution in [2.75, 3.05) is 0 Å². The standard InChI is InChI=1S/C9H15N3O2S/c1-5(6(10)13)12-8(14)9(7(11)15)3-2-4-9/h5H,2-4H2,1H3,(H2,10,13)(H2,11,15)(H,12,14). The summed E-state index contributed by atoms with van der Waals surface area (Å²) in [5.41, 5.74) is 9.83. The molecule has 0 aromatic rings. The molecule has 6 heteroatoms. The highest BCUT2D eigenvalue weighted by molar-refractivity contribution is 7.80. The Labute approximate surface area is 93.6 Å². The van der Waals surface area contributed by atoms with Crippen LogP contribution in [0.15, 0.2) is 0 Å². The first-order valence-electron chi connectivity index (χ1n) is 4.80. The van der Waals surface area contributed by atoms with Gasteiger partial charge in [0, 0.05) is 0 Å². The molecule has 0 bridgehead atoms. The van der Waals surface area contributed by atoms with Crippen molar-refractivity contribution in [3.8, 4) is 0 Å². The van der Waals surface area contributed by atoms with E-state index in [4.69, 9.17) is 23.7 Å². The maximum atomic E-state index is 11.8. The second-order valence-corrected chi connectivity index (χ2v) is 4.34. The van der Waals surface area contributed by atoms with E-state index < -0.39 is 17.4 Å². The minimum atomic E-state index is -0.751. The molecule has 1 aliphatic rings. The molecule has 0 spiro atoms. The van der Waals surface area contributed by atoms with Crippen molar-refractivity contribution in [1.82, 2.24) is 5.32 Å². The van der Waals surface area contributed by atoms with Crippen molar-refractivity contribution in [2.45, 2.75) is 32.2 Å². The third-order valence-corrected chi connectivity index (χ3v) is 3.28. The van der Waals surface area contributed by atoms with Crippen LogP contribution in [0.3, 0.4) is 0 Å². The van der Waals surface area contributed by atoms with Crippen molar-refractivity contribution in [1.29, 1.82) is 0 Å². The fourth-order valence-electron chi connectivity index (χ4n) is 1.52. The number of rotatable bonds is 4. The number of thiocarbonyl (C=S) groups is 1. The highest BCUT2D eigenvalue weighted by Gasteiger charge is 2.47. The van der Waals surface area contributed by atoms with Crippen molar-refractivity contribution < 1.29 is 9.59 Å². The molecule has 1 rings (SSSR count). The molecule has 0 heterocycles. The summed E-state index contributed by atoms with van der Waals surface area (Å²) >= 11 is 4.88. The predicted octanol–water partition coefficient (Wildman–Crippen LogP) is -0.567. The number of amides is 2. The summed E-state index contributed by atoms with van der Waals surface area (Å²) in [6.45, 7) is 1.53. The van der Waals surface area contributed by atoms with Crippen LogP contribution in [0, 0.1) is 5.41 Å². The maximum Gasteiger partial charge on any atom is 0.239 e. The van der Waals surface area contributed by atoms with Crippen LogP contribution in [0.4, 0.5) is 0 Å². The van der Waals surface area contributed by atoms with Gasteiger partial charge in [0.2, 0.25) is 11.8 Å². The lowest BCUT2D eigenvalue weighted by Crippen LogP contribution is -2.56. The SMILES string of the molecule is CC(NC(=O)C1(C(N)=S)CCC1)C(N)=O. The first-order valence-corrected chi connectivity index (χ1v) is 5.21. The Morgan fingerprint density at radius 3 is 2.20 bits per heavy atom. The molecular formula is C9H15N3O2S. The van der Waals surface area contributed by atoms with E-state index in [0.717, 1.165) is 6.42 Å². The maximum absolute atomic E-state index is 11.8. The Kier molecular flexibility index (Phi) is 3.28. The molecule has 0 aliphatic heterocycles. The lowest BCUT2D eigenvalue weighted by molar-refractivity contribution is -0.134. The van der Waals surface area contributed by atoms with Gasteiger partial charge in [-0.1, -0.05) is 18.6 Å². The largest absolute Gasteiger partial charge is 0.392 e. The molecular weight excluding hydrogens is 214 g/mol. The quantitative estimate of drug-likeness (QED) is 0.562. The van der Waals surface area contributed by atoms with Gasteiger partial charge in [-0.05, 0) is 19.8 Å². The normalized spacial score (nSPS) is 19.8. The van der Waals surface area contributed by atoms with Gasteiger partial charge in [0.1, 0.15) is 6.04 Å². The minimum Gasteiger partial charge on any atom is -0.392 e. The monoisotopic (exact) mass is 229 g/mol. The summed E-state index contributed by atoms with van der Waals surface area (Å²) in [7, 11) is 0. The van der Waals surface area contributed by atoms with E-state index >= 15 is 0 Å². The molecule has 15 heavy (non-hydrogen) atoms. The molecule has 2 amide bonds. The first kappa shape index (κ1) is 11.9. The lowest BCUT2D eigenvalue weighted by atomic mass is 9.68. The summed E-state index contributed by atoms with van der Waals surface area (Å²) in [5, 5.41) is 2.52. The number of carbonyl (C=O) groups excluding carboxylic acids is 2. The summed E-state index contributed by atoms with van der Waals surface area (Å²) < 4.78 is 0.